The molecule has 3 N–H and O–H groups in total. The summed E-state index contributed by atoms with van der Waals surface area (Å²) in [6.07, 6.45) is 5.41. The smallest absolute Gasteiger partial charge is 0.240 e. The molecule has 4 nitrogen and oxygen atoms in total. The summed E-state index contributed by atoms with van der Waals surface area (Å²) in [5.41, 5.74) is 1.82. The number of carbonyl (C=O) groups excluding carboxylic acids is 1. The van der Waals surface area contributed by atoms with Crippen LogP contribution in [0.3, 0.4) is 0 Å². The van der Waals surface area contributed by atoms with Crippen molar-refractivity contribution in [2.24, 2.45) is 17.2 Å². The number of rotatable bonds is 5. The predicted octanol–water partition coefficient (Wildman–Crippen LogP) is 1.12. The Labute approximate surface area is 98.5 Å². The first kappa shape index (κ1) is 13.5. The van der Waals surface area contributed by atoms with Gasteiger partial charge in [0.25, 0.3) is 0 Å². The minimum absolute atomic E-state index is 0.0919. The molecule has 0 heterocycles. The van der Waals surface area contributed by atoms with E-state index in [0.717, 1.165) is 19.0 Å². The van der Waals surface area contributed by atoms with E-state index in [1.807, 2.05) is 13.8 Å². The summed E-state index contributed by atoms with van der Waals surface area (Å²) in [7, 11) is 2.09. The summed E-state index contributed by atoms with van der Waals surface area (Å²) < 4.78 is 0. The van der Waals surface area contributed by atoms with E-state index in [2.05, 4.69) is 17.4 Å². The number of hydrogen-bond donors (Lipinski definition) is 2. The predicted molar refractivity (Wildman–Crippen MR) is 65.6 cm³/mol. The Morgan fingerprint density at radius 3 is 2.50 bits per heavy atom. The lowest BCUT2D eigenvalue weighted by atomic mass is 9.91. The first-order valence-electron chi connectivity index (χ1n) is 6.15. The summed E-state index contributed by atoms with van der Waals surface area (Å²) in [5.74, 6) is 5.91. The lowest BCUT2D eigenvalue weighted by Gasteiger charge is -2.30. The highest BCUT2D eigenvalue weighted by Gasteiger charge is 2.29. The Morgan fingerprint density at radius 1 is 1.44 bits per heavy atom. The molecular formula is C12H25N3O. The van der Waals surface area contributed by atoms with Crippen molar-refractivity contribution in [3.05, 3.63) is 0 Å². The van der Waals surface area contributed by atoms with Gasteiger partial charge in [0.1, 0.15) is 0 Å². The monoisotopic (exact) mass is 227 g/mol. The van der Waals surface area contributed by atoms with Crippen LogP contribution in [0.1, 0.15) is 39.5 Å². The first-order valence-corrected chi connectivity index (χ1v) is 6.15. The van der Waals surface area contributed by atoms with Crippen LogP contribution in [-0.2, 0) is 4.79 Å². The highest BCUT2D eigenvalue weighted by molar-refractivity contribution is 5.81. The van der Waals surface area contributed by atoms with Gasteiger partial charge in [0.15, 0.2) is 0 Å². The average Bonchev–Trinajstić information content (AvgIpc) is 2.67. The van der Waals surface area contributed by atoms with Crippen LogP contribution in [0, 0.1) is 11.3 Å². The minimum atomic E-state index is -0.415. The van der Waals surface area contributed by atoms with Crippen molar-refractivity contribution < 1.29 is 4.79 Å². The van der Waals surface area contributed by atoms with Crippen LogP contribution in [0.4, 0.5) is 0 Å². The van der Waals surface area contributed by atoms with E-state index in [9.17, 15) is 4.79 Å². The van der Waals surface area contributed by atoms with Crippen molar-refractivity contribution in [1.82, 2.24) is 10.3 Å². The van der Waals surface area contributed by atoms with Crippen LogP contribution in [0.2, 0.25) is 0 Å². The Hall–Kier alpha value is -0.610. The summed E-state index contributed by atoms with van der Waals surface area (Å²) in [6.45, 7) is 5.72. The zero-order valence-corrected chi connectivity index (χ0v) is 10.8. The Kier molecular flexibility index (Phi) is 4.74. The number of carbonyl (C=O) groups is 1. The molecule has 0 bridgehead atoms. The number of hydrazine groups is 1. The van der Waals surface area contributed by atoms with Gasteiger partial charge in [-0.25, -0.2) is 5.84 Å². The lowest BCUT2D eigenvalue weighted by molar-refractivity contribution is -0.130. The molecule has 0 aliphatic heterocycles. The number of nitrogens with two attached hydrogens (primary N) is 1. The van der Waals surface area contributed by atoms with E-state index in [-0.39, 0.29) is 5.91 Å². The molecule has 0 aromatic heterocycles. The Bertz CT molecular complexity index is 234. The van der Waals surface area contributed by atoms with Crippen molar-refractivity contribution in [3.63, 3.8) is 0 Å². The quantitative estimate of drug-likeness (QED) is 0.420. The molecule has 1 saturated carbocycles. The van der Waals surface area contributed by atoms with Crippen LogP contribution in [0.15, 0.2) is 0 Å². The average molecular weight is 227 g/mol. The van der Waals surface area contributed by atoms with Crippen LogP contribution >= 0.6 is 0 Å². The molecule has 1 fully saturated rings. The van der Waals surface area contributed by atoms with Gasteiger partial charge in [-0.15, -0.1) is 0 Å². The highest BCUT2D eigenvalue weighted by Crippen LogP contribution is 2.26. The molecule has 0 aromatic rings. The van der Waals surface area contributed by atoms with E-state index >= 15 is 0 Å². The normalized spacial score (nSPS) is 18.1. The van der Waals surface area contributed by atoms with Crippen molar-refractivity contribution in [2.75, 3.05) is 20.1 Å². The van der Waals surface area contributed by atoms with E-state index < -0.39 is 5.41 Å². The van der Waals surface area contributed by atoms with Gasteiger partial charge >= 0.3 is 0 Å². The third-order valence-corrected chi connectivity index (χ3v) is 3.46. The molecule has 0 radical (unpaired) electrons. The maximum Gasteiger partial charge on any atom is 0.240 e. The largest absolute Gasteiger partial charge is 0.305 e. The van der Waals surface area contributed by atoms with E-state index in [1.165, 1.54) is 25.7 Å². The fraction of sp³-hybridized carbons (Fsp3) is 0.917. The maximum atomic E-state index is 11.5. The Balaban J connectivity index is 2.37. The van der Waals surface area contributed by atoms with E-state index in [4.69, 9.17) is 5.84 Å². The summed E-state index contributed by atoms with van der Waals surface area (Å²) >= 11 is 0. The second-order valence-corrected chi connectivity index (χ2v) is 5.70. The van der Waals surface area contributed by atoms with Gasteiger partial charge in [-0.1, -0.05) is 12.8 Å². The topological polar surface area (TPSA) is 58.4 Å². The molecule has 0 atom stereocenters. The zero-order chi connectivity index (χ0) is 12.2. The third kappa shape index (κ3) is 3.76. The molecule has 0 saturated heterocycles. The minimum Gasteiger partial charge on any atom is -0.305 e. The van der Waals surface area contributed by atoms with E-state index in [1.54, 1.807) is 0 Å². The van der Waals surface area contributed by atoms with Crippen LogP contribution in [-0.4, -0.2) is 30.9 Å². The highest BCUT2D eigenvalue weighted by atomic mass is 16.2. The number of nitrogens with one attached hydrogen (secondary N) is 1. The molecule has 1 rings (SSSR count). The Morgan fingerprint density at radius 2 is 2.00 bits per heavy atom. The SMILES string of the molecule is CN(CC1CCCC1)CC(C)(C)C(=O)NN. The third-order valence-electron chi connectivity index (χ3n) is 3.46. The molecule has 16 heavy (non-hydrogen) atoms. The molecule has 1 aliphatic carbocycles. The second-order valence-electron chi connectivity index (χ2n) is 5.70. The molecular weight excluding hydrogens is 202 g/mol. The van der Waals surface area contributed by atoms with Gasteiger partial charge in [0.2, 0.25) is 5.91 Å². The van der Waals surface area contributed by atoms with Crippen LogP contribution < -0.4 is 11.3 Å². The van der Waals surface area contributed by atoms with Gasteiger partial charge in [-0.05, 0) is 39.7 Å². The number of amides is 1. The van der Waals surface area contributed by atoms with Crippen LogP contribution in [0.5, 0.6) is 0 Å². The fourth-order valence-electron chi connectivity index (χ4n) is 2.64. The van der Waals surface area contributed by atoms with Crippen molar-refractivity contribution in [2.45, 2.75) is 39.5 Å². The van der Waals surface area contributed by atoms with Gasteiger partial charge in [-0.3, -0.25) is 10.2 Å². The first-order chi connectivity index (χ1) is 7.45. The molecule has 1 aliphatic rings. The molecule has 1 amide bonds. The summed E-state index contributed by atoms with van der Waals surface area (Å²) in [4.78, 5) is 13.8. The van der Waals surface area contributed by atoms with Crippen molar-refractivity contribution in [3.8, 4) is 0 Å². The zero-order valence-electron chi connectivity index (χ0n) is 10.8. The molecule has 0 unspecified atom stereocenters. The number of hydrogen-bond acceptors (Lipinski definition) is 3. The molecule has 0 aromatic carbocycles. The number of nitrogens with zero attached hydrogens (tertiary/aromatic N) is 1. The standard InChI is InChI=1S/C12H25N3O/c1-12(2,11(16)14-13)9-15(3)8-10-6-4-5-7-10/h10H,4-9,13H2,1-3H3,(H,14,16). The molecule has 94 valence electrons. The van der Waals surface area contributed by atoms with Crippen molar-refractivity contribution in [1.29, 1.82) is 0 Å². The van der Waals surface area contributed by atoms with E-state index in [0.29, 0.717) is 0 Å². The van der Waals surface area contributed by atoms with Gasteiger partial charge in [-0.2, -0.15) is 0 Å². The maximum absolute atomic E-state index is 11.5. The summed E-state index contributed by atoms with van der Waals surface area (Å²) in [6, 6.07) is 0. The fourth-order valence-corrected chi connectivity index (χ4v) is 2.64. The van der Waals surface area contributed by atoms with Crippen molar-refractivity contribution >= 4 is 5.91 Å². The second kappa shape index (κ2) is 5.64. The lowest BCUT2D eigenvalue weighted by Crippen LogP contribution is -2.47. The van der Waals surface area contributed by atoms with Gasteiger partial charge in [0, 0.05) is 13.1 Å². The molecule has 4 heteroatoms. The summed E-state index contributed by atoms with van der Waals surface area (Å²) in [5, 5.41) is 0. The van der Waals surface area contributed by atoms with Crippen LogP contribution in [0.25, 0.3) is 0 Å². The van der Waals surface area contributed by atoms with Gasteiger partial charge in [0.05, 0.1) is 5.41 Å². The van der Waals surface area contributed by atoms with Gasteiger partial charge < -0.3 is 4.90 Å². The molecule has 0 spiro atoms.